The molecular weight excluding hydrogens is 605 g/mol. The Morgan fingerprint density at radius 3 is 1.50 bits per heavy atom. The van der Waals surface area contributed by atoms with Crippen molar-refractivity contribution in [3.63, 3.8) is 0 Å². The van der Waals surface area contributed by atoms with Crippen LogP contribution in [0, 0.1) is 0 Å². The molecule has 0 N–H and O–H groups in total. The molecule has 232 valence electrons. The topological polar surface area (TPSA) is 25.8 Å². The van der Waals surface area contributed by atoms with Crippen molar-refractivity contribution in [2.24, 2.45) is 0 Å². The third-order valence-electron chi connectivity index (χ3n) is 10.0. The van der Waals surface area contributed by atoms with E-state index in [1.807, 2.05) is 6.07 Å². The van der Waals surface area contributed by atoms with Gasteiger partial charge in [-0.15, -0.1) is 0 Å². The fraction of sp³-hybridized carbons (Fsp3) is 0. The average molecular weight is 635 g/mol. The van der Waals surface area contributed by atoms with E-state index in [0.717, 1.165) is 44.3 Å². The minimum atomic E-state index is 0.923. The molecule has 0 radical (unpaired) electrons. The fourth-order valence-electron chi connectivity index (χ4n) is 7.52. The standard InChI is InChI=1S/C48H30N2/c1-2-10-32(11-3-1)45-27-23-33-17-18-34-24-28-46(50-48(34)47(33)49-45)38-22-20-35-29-37(21-19-36(35)30-38)40-25-26-44(43-15-7-6-14-41(40)43)42-16-8-12-31-9-4-5-13-39(31)42/h1-30H. The van der Waals surface area contributed by atoms with Gasteiger partial charge in [-0.05, 0) is 78.8 Å². The van der Waals surface area contributed by atoms with E-state index in [-0.39, 0.29) is 0 Å². The SMILES string of the molecule is c1ccc(-c2ccc3ccc4ccc(-c5ccc6cc(-c7ccc(-c8cccc9ccccc89)c8ccccc78)ccc6c5)nc4c3n2)cc1. The second kappa shape index (κ2) is 11.5. The van der Waals surface area contributed by atoms with Crippen LogP contribution < -0.4 is 0 Å². The summed E-state index contributed by atoms with van der Waals surface area (Å²) in [6.45, 7) is 0. The molecule has 0 atom stereocenters. The van der Waals surface area contributed by atoms with Crippen LogP contribution in [0.15, 0.2) is 182 Å². The first kappa shape index (κ1) is 28.4. The van der Waals surface area contributed by atoms with Crippen LogP contribution in [0.5, 0.6) is 0 Å². The molecule has 0 unspecified atom stereocenters. The summed E-state index contributed by atoms with van der Waals surface area (Å²) in [6, 6.07) is 65.2. The first-order valence-electron chi connectivity index (χ1n) is 17.1. The van der Waals surface area contributed by atoms with Crippen molar-refractivity contribution in [2.45, 2.75) is 0 Å². The molecule has 0 saturated carbocycles. The molecule has 2 heterocycles. The second-order valence-electron chi connectivity index (χ2n) is 13.0. The van der Waals surface area contributed by atoms with E-state index in [1.165, 1.54) is 54.6 Å². The quantitative estimate of drug-likeness (QED) is 0.180. The van der Waals surface area contributed by atoms with Crippen LogP contribution in [0.25, 0.3) is 98.9 Å². The van der Waals surface area contributed by atoms with Crippen molar-refractivity contribution in [3.05, 3.63) is 182 Å². The Labute approximate surface area is 290 Å². The van der Waals surface area contributed by atoms with Crippen molar-refractivity contribution in [3.8, 4) is 44.8 Å². The Kier molecular flexibility index (Phi) is 6.53. The third kappa shape index (κ3) is 4.73. The van der Waals surface area contributed by atoms with Crippen LogP contribution >= 0.6 is 0 Å². The molecule has 0 aliphatic heterocycles. The van der Waals surface area contributed by atoms with Gasteiger partial charge in [0.25, 0.3) is 0 Å². The first-order chi connectivity index (χ1) is 24.8. The van der Waals surface area contributed by atoms with Gasteiger partial charge in [0.05, 0.1) is 22.4 Å². The van der Waals surface area contributed by atoms with E-state index >= 15 is 0 Å². The van der Waals surface area contributed by atoms with Crippen molar-refractivity contribution in [1.29, 1.82) is 0 Å². The van der Waals surface area contributed by atoms with E-state index in [4.69, 9.17) is 9.97 Å². The zero-order valence-corrected chi connectivity index (χ0v) is 27.2. The molecule has 8 aromatic carbocycles. The van der Waals surface area contributed by atoms with E-state index in [9.17, 15) is 0 Å². The molecule has 50 heavy (non-hydrogen) atoms. The van der Waals surface area contributed by atoms with Gasteiger partial charge in [-0.2, -0.15) is 0 Å². The summed E-state index contributed by atoms with van der Waals surface area (Å²) in [6.07, 6.45) is 0. The lowest BCUT2D eigenvalue weighted by atomic mass is 9.89. The fourth-order valence-corrected chi connectivity index (χ4v) is 7.52. The van der Waals surface area contributed by atoms with Gasteiger partial charge in [-0.1, -0.05) is 158 Å². The Morgan fingerprint density at radius 2 is 0.760 bits per heavy atom. The number of hydrogen-bond acceptors (Lipinski definition) is 2. The molecule has 10 rings (SSSR count). The van der Waals surface area contributed by atoms with Crippen LogP contribution in [0.4, 0.5) is 0 Å². The summed E-state index contributed by atoms with van der Waals surface area (Å²) in [5.74, 6) is 0. The number of hydrogen-bond donors (Lipinski definition) is 0. The van der Waals surface area contributed by atoms with E-state index < -0.39 is 0 Å². The summed E-state index contributed by atoms with van der Waals surface area (Å²) >= 11 is 0. The third-order valence-corrected chi connectivity index (χ3v) is 10.0. The van der Waals surface area contributed by atoms with Gasteiger partial charge in [-0.3, -0.25) is 0 Å². The second-order valence-corrected chi connectivity index (χ2v) is 13.0. The van der Waals surface area contributed by atoms with Gasteiger partial charge < -0.3 is 0 Å². The number of rotatable bonds is 4. The molecule has 0 aliphatic carbocycles. The van der Waals surface area contributed by atoms with Crippen LogP contribution in [0.3, 0.4) is 0 Å². The maximum absolute atomic E-state index is 5.20. The van der Waals surface area contributed by atoms with E-state index in [1.54, 1.807) is 0 Å². The molecule has 0 amide bonds. The van der Waals surface area contributed by atoms with E-state index in [0.29, 0.717) is 0 Å². The van der Waals surface area contributed by atoms with Gasteiger partial charge in [0.1, 0.15) is 0 Å². The van der Waals surface area contributed by atoms with Crippen molar-refractivity contribution in [2.75, 3.05) is 0 Å². The van der Waals surface area contributed by atoms with Crippen LogP contribution in [-0.4, -0.2) is 9.97 Å². The van der Waals surface area contributed by atoms with Crippen LogP contribution in [-0.2, 0) is 0 Å². The smallest absolute Gasteiger partial charge is 0.0972 e. The largest absolute Gasteiger partial charge is 0.245 e. The van der Waals surface area contributed by atoms with Gasteiger partial charge >= 0.3 is 0 Å². The summed E-state index contributed by atoms with van der Waals surface area (Å²) in [7, 11) is 0. The monoisotopic (exact) mass is 634 g/mol. The lowest BCUT2D eigenvalue weighted by Gasteiger charge is -2.14. The molecule has 0 bridgehead atoms. The maximum Gasteiger partial charge on any atom is 0.0972 e. The van der Waals surface area contributed by atoms with Crippen molar-refractivity contribution >= 4 is 54.1 Å². The molecule has 0 spiro atoms. The highest BCUT2D eigenvalue weighted by atomic mass is 14.8. The number of fused-ring (bicyclic) bond motifs is 6. The molecule has 2 heteroatoms. The molecular formula is C48H30N2. The predicted molar refractivity (Wildman–Crippen MR) is 211 cm³/mol. The maximum atomic E-state index is 5.20. The average Bonchev–Trinajstić information content (AvgIpc) is 3.19. The van der Waals surface area contributed by atoms with Gasteiger partial charge in [0, 0.05) is 21.9 Å². The minimum absolute atomic E-state index is 0.923. The normalized spacial score (nSPS) is 11.6. The van der Waals surface area contributed by atoms with Crippen LogP contribution in [0.2, 0.25) is 0 Å². The van der Waals surface area contributed by atoms with Crippen molar-refractivity contribution in [1.82, 2.24) is 9.97 Å². The molecule has 0 saturated heterocycles. The number of benzene rings is 8. The predicted octanol–water partition coefficient (Wildman–Crippen LogP) is 12.9. The summed E-state index contributed by atoms with van der Waals surface area (Å²) in [4.78, 5) is 10.3. The Morgan fingerprint density at radius 1 is 0.260 bits per heavy atom. The number of nitrogens with zero attached hydrogens (tertiary/aromatic N) is 2. The molecule has 0 aliphatic rings. The Balaban J connectivity index is 1.05. The van der Waals surface area contributed by atoms with E-state index in [2.05, 4.69) is 176 Å². The lowest BCUT2D eigenvalue weighted by Crippen LogP contribution is -1.91. The summed E-state index contributed by atoms with van der Waals surface area (Å²) in [5.41, 5.74) is 10.9. The number of pyridine rings is 2. The highest BCUT2D eigenvalue weighted by molar-refractivity contribution is 6.10. The highest BCUT2D eigenvalue weighted by Crippen LogP contribution is 2.39. The van der Waals surface area contributed by atoms with Gasteiger partial charge in [0.2, 0.25) is 0 Å². The Hall–Kier alpha value is -6.64. The van der Waals surface area contributed by atoms with Crippen molar-refractivity contribution < 1.29 is 0 Å². The number of aromatic nitrogens is 2. The first-order valence-corrected chi connectivity index (χ1v) is 17.1. The van der Waals surface area contributed by atoms with Gasteiger partial charge in [-0.25, -0.2) is 9.97 Å². The zero-order chi connectivity index (χ0) is 33.0. The van der Waals surface area contributed by atoms with Gasteiger partial charge in [0.15, 0.2) is 0 Å². The minimum Gasteiger partial charge on any atom is -0.245 e. The molecule has 0 fully saturated rings. The molecule has 2 nitrogen and oxygen atoms in total. The molecule has 10 aromatic rings. The summed E-state index contributed by atoms with van der Waals surface area (Å²) < 4.78 is 0. The molecule has 2 aromatic heterocycles. The lowest BCUT2D eigenvalue weighted by molar-refractivity contribution is 1.37. The highest BCUT2D eigenvalue weighted by Gasteiger charge is 2.13. The summed E-state index contributed by atoms with van der Waals surface area (Å²) in [5, 5.41) is 9.61. The van der Waals surface area contributed by atoms with Crippen LogP contribution in [0.1, 0.15) is 0 Å². The Bertz CT molecular complexity index is 2920. The zero-order valence-electron chi connectivity index (χ0n) is 27.2.